The summed E-state index contributed by atoms with van der Waals surface area (Å²) in [5.41, 5.74) is 3.71. The average Bonchev–Trinajstić information content (AvgIpc) is 2.76. The van der Waals surface area contributed by atoms with Crippen molar-refractivity contribution in [1.82, 2.24) is 4.57 Å². The summed E-state index contributed by atoms with van der Waals surface area (Å²) in [6, 6.07) is 12.2. The number of rotatable bonds is 2. The number of carboxylic acids is 1. The minimum Gasteiger partial charge on any atom is -0.478 e. The molecule has 1 aromatic carbocycles. The molecule has 0 unspecified atom stereocenters. The lowest BCUT2D eigenvalue weighted by Crippen LogP contribution is -2.07. The number of benzene rings is 1. The zero-order valence-corrected chi connectivity index (χ0v) is 11.3. The van der Waals surface area contributed by atoms with E-state index in [0.717, 1.165) is 21.8 Å². The molecule has 2 aromatic rings. The van der Waals surface area contributed by atoms with Crippen molar-refractivity contribution in [2.45, 2.75) is 5.03 Å². The summed E-state index contributed by atoms with van der Waals surface area (Å²) in [4.78, 5) is 11.0. The van der Waals surface area contributed by atoms with Gasteiger partial charge < -0.3 is 9.67 Å². The second-order valence-electron chi connectivity index (χ2n) is 4.48. The maximum absolute atomic E-state index is 11.0. The molecule has 0 spiro atoms. The maximum atomic E-state index is 11.0. The Hall–Kier alpha value is -1.94. The van der Waals surface area contributed by atoms with Crippen LogP contribution in [0.3, 0.4) is 0 Å². The number of fused-ring (bicyclic) bond motifs is 1. The SMILES string of the molecule is Cn1c(-c2ccccc2)cc2c1SCC(C(=O)O)=C2. The molecule has 0 atom stereocenters. The van der Waals surface area contributed by atoms with E-state index in [2.05, 4.69) is 22.8 Å². The fourth-order valence-electron chi connectivity index (χ4n) is 2.28. The molecule has 3 rings (SSSR count). The lowest BCUT2D eigenvalue weighted by molar-refractivity contribution is -0.132. The van der Waals surface area contributed by atoms with E-state index in [1.54, 1.807) is 17.8 Å². The first-order valence-electron chi connectivity index (χ1n) is 5.98. The van der Waals surface area contributed by atoms with Gasteiger partial charge in [0.25, 0.3) is 0 Å². The van der Waals surface area contributed by atoms with Crippen LogP contribution in [0.1, 0.15) is 5.56 Å². The van der Waals surface area contributed by atoms with E-state index < -0.39 is 5.97 Å². The van der Waals surface area contributed by atoms with Gasteiger partial charge in [0.2, 0.25) is 0 Å². The third-order valence-electron chi connectivity index (χ3n) is 3.24. The first kappa shape index (κ1) is 12.1. The van der Waals surface area contributed by atoms with E-state index in [4.69, 9.17) is 5.11 Å². The lowest BCUT2D eigenvalue weighted by Gasteiger charge is -2.12. The van der Waals surface area contributed by atoms with Crippen LogP contribution in [0.4, 0.5) is 0 Å². The fourth-order valence-corrected chi connectivity index (χ4v) is 3.35. The summed E-state index contributed by atoms with van der Waals surface area (Å²) in [5.74, 6) is -0.308. The minimum absolute atomic E-state index is 0.461. The van der Waals surface area contributed by atoms with Gasteiger partial charge in [-0.25, -0.2) is 4.79 Å². The monoisotopic (exact) mass is 271 g/mol. The van der Waals surface area contributed by atoms with E-state index in [0.29, 0.717) is 11.3 Å². The van der Waals surface area contributed by atoms with E-state index in [-0.39, 0.29) is 0 Å². The largest absolute Gasteiger partial charge is 0.478 e. The van der Waals surface area contributed by atoms with E-state index in [1.165, 1.54) is 0 Å². The molecule has 4 heteroatoms. The fraction of sp³-hybridized carbons (Fsp3) is 0.133. The average molecular weight is 271 g/mol. The van der Waals surface area contributed by atoms with Gasteiger partial charge in [-0.3, -0.25) is 0 Å². The van der Waals surface area contributed by atoms with Gasteiger partial charge in [0.05, 0.1) is 5.03 Å². The quantitative estimate of drug-likeness (QED) is 0.911. The minimum atomic E-state index is -0.830. The van der Waals surface area contributed by atoms with Crippen LogP contribution in [-0.4, -0.2) is 21.4 Å². The lowest BCUT2D eigenvalue weighted by atomic mass is 10.1. The van der Waals surface area contributed by atoms with Crippen molar-refractivity contribution >= 4 is 23.8 Å². The van der Waals surface area contributed by atoms with Gasteiger partial charge in [0, 0.05) is 29.6 Å². The van der Waals surface area contributed by atoms with Crippen LogP contribution >= 0.6 is 11.8 Å². The molecule has 1 aromatic heterocycles. The van der Waals surface area contributed by atoms with Crippen LogP contribution < -0.4 is 0 Å². The highest BCUT2D eigenvalue weighted by Gasteiger charge is 2.20. The molecule has 0 fully saturated rings. The standard InChI is InChI=1S/C15H13NO2S/c1-16-13(10-5-3-2-4-6-10)8-11-7-12(15(17)18)9-19-14(11)16/h2-8H,9H2,1H3,(H,17,18). The second-order valence-corrected chi connectivity index (χ2v) is 5.44. The maximum Gasteiger partial charge on any atom is 0.332 e. The third-order valence-corrected chi connectivity index (χ3v) is 4.48. The molecule has 0 saturated carbocycles. The van der Waals surface area contributed by atoms with Gasteiger partial charge in [-0.05, 0) is 17.7 Å². The molecule has 3 nitrogen and oxygen atoms in total. The van der Waals surface area contributed by atoms with Crippen molar-refractivity contribution in [3.63, 3.8) is 0 Å². The normalized spacial score (nSPS) is 13.8. The number of carboxylic acid groups (broad SMARTS) is 1. The number of thioether (sulfide) groups is 1. The summed E-state index contributed by atoms with van der Waals surface area (Å²) in [6.07, 6.45) is 1.78. The molecular weight excluding hydrogens is 258 g/mol. The van der Waals surface area contributed by atoms with Crippen molar-refractivity contribution in [1.29, 1.82) is 0 Å². The van der Waals surface area contributed by atoms with Gasteiger partial charge in [0.1, 0.15) is 0 Å². The van der Waals surface area contributed by atoms with E-state index >= 15 is 0 Å². The smallest absolute Gasteiger partial charge is 0.332 e. The Kier molecular flexibility index (Phi) is 2.95. The Labute approximate surface area is 115 Å². The van der Waals surface area contributed by atoms with E-state index in [9.17, 15) is 4.79 Å². The van der Waals surface area contributed by atoms with Crippen LogP contribution in [0.2, 0.25) is 0 Å². The highest BCUT2D eigenvalue weighted by atomic mass is 32.2. The Morgan fingerprint density at radius 3 is 2.74 bits per heavy atom. The number of hydrogen-bond acceptors (Lipinski definition) is 2. The topological polar surface area (TPSA) is 42.2 Å². The number of carbonyl (C=O) groups is 1. The Morgan fingerprint density at radius 2 is 2.05 bits per heavy atom. The Morgan fingerprint density at radius 1 is 1.32 bits per heavy atom. The van der Waals surface area contributed by atoms with Crippen LogP contribution in [-0.2, 0) is 11.8 Å². The third kappa shape index (κ3) is 2.08. The molecule has 1 aliphatic rings. The Balaban J connectivity index is 2.11. The van der Waals surface area contributed by atoms with Gasteiger partial charge in [-0.2, -0.15) is 0 Å². The van der Waals surface area contributed by atoms with Crippen molar-refractivity contribution < 1.29 is 9.90 Å². The molecule has 1 aliphatic heterocycles. The molecule has 0 aliphatic carbocycles. The molecule has 96 valence electrons. The summed E-state index contributed by atoms with van der Waals surface area (Å²) in [5, 5.41) is 10.2. The van der Waals surface area contributed by atoms with Crippen LogP contribution in [0.5, 0.6) is 0 Å². The summed E-state index contributed by atoms with van der Waals surface area (Å²) in [7, 11) is 2.02. The molecule has 0 bridgehead atoms. The molecule has 1 N–H and O–H groups in total. The molecule has 0 amide bonds. The van der Waals surface area contributed by atoms with Gasteiger partial charge in [-0.1, -0.05) is 30.3 Å². The van der Waals surface area contributed by atoms with Crippen molar-refractivity contribution in [3.8, 4) is 11.3 Å². The predicted molar refractivity (Wildman–Crippen MR) is 77.2 cm³/mol. The molecular formula is C15H13NO2S. The second kappa shape index (κ2) is 4.63. The highest BCUT2D eigenvalue weighted by molar-refractivity contribution is 7.99. The Bertz CT molecular complexity index is 671. The van der Waals surface area contributed by atoms with Crippen LogP contribution in [0.15, 0.2) is 47.0 Å². The molecule has 19 heavy (non-hydrogen) atoms. The van der Waals surface area contributed by atoms with Gasteiger partial charge >= 0.3 is 5.97 Å². The zero-order chi connectivity index (χ0) is 13.4. The van der Waals surface area contributed by atoms with Crippen LogP contribution in [0.25, 0.3) is 17.3 Å². The highest BCUT2D eigenvalue weighted by Crippen LogP contribution is 2.37. The molecule has 2 heterocycles. The van der Waals surface area contributed by atoms with Gasteiger partial charge in [-0.15, -0.1) is 11.8 Å². The summed E-state index contributed by atoms with van der Waals surface area (Å²) >= 11 is 1.58. The first-order chi connectivity index (χ1) is 9.16. The number of nitrogens with zero attached hydrogens (tertiary/aromatic N) is 1. The van der Waals surface area contributed by atoms with E-state index in [1.807, 2.05) is 25.2 Å². The predicted octanol–water partition coefficient (Wildman–Crippen LogP) is 3.27. The van der Waals surface area contributed by atoms with Gasteiger partial charge in [0.15, 0.2) is 0 Å². The number of aromatic nitrogens is 1. The number of aliphatic carboxylic acids is 1. The molecule has 0 saturated heterocycles. The molecule has 0 radical (unpaired) electrons. The summed E-state index contributed by atoms with van der Waals surface area (Å²) < 4.78 is 2.13. The van der Waals surface area contributed by atoms with Crippen molar-refractivity contribution in [2.75, 3.05) is 5.75 Å². The first-order valence-corrected chi connectivity index (χ1v) is 6.97. The van der Waals surface area contributed by atoms with Crippen molar-refractivity contribution in [2.24, 2.45) is 7.05 Å². The summed E-state index contributed by atoms with van der Waals surface area (Å²) in [6.45, 7) is 0. The zero-order valence-electron chi connectivity index (χ0n) is 10.5. The van der Waals surface area contributed by atoms with Crippen molar-refractivity contribution in [3.05, 3.63) is 47.5 Å². The number of hydrogen-bond donors (Lipinski definition) is 1. The van der Waals surface area contributed by atoms with Crippen LogP contribution in [0, 0.1) is 0 Å².